The van der Waals surface area contributed by atoms with Crippen LogP contribution in [-0.4, -0.2) is 134 Å². The third-order valence-electron chi connectivity index (χ3n) is 12.1. The Morgan fingerprint density at radius 1 is 1.00 bits per heavy atom. The number of likely N-dealkylation sites (N-methyl/N-ethyl adjacent to an activating group) is 2. The molecule has 308 valence electrons. The number of carbonyl (C=O) groups excluding carboxylic acids is 4. The monoisotopic (exact) mass is 792 g/mol. The Morgan fingerprint density at radius 3 is 2.53 bits per heavy atom. The number of hydrogen-bond donors (Lipinski definition) is 2. The maximum absolute atomic E-state index is 12.7. The molecule has 0 radical (unpaired) electrons. The highest BCUT2D eigenvalue weighted by Crippen LogP contribution is 2.35. The number of rotatable bonds is 17. The van der Waals surface area contributed by atoms with E-state index in [-0.39, 0.29) is 24.1 Å². The molecule has 2 amide bonds. The zero-order valence-corrected chi connectivity index (χ0v) is 33.9. The lowest BCUT2D eigenvalue weighted by atomic mass is 9.91. The summed E-state index contributed by atoms with van der Waals surface area (Å²) in [5, 5.41) is 11.3. The smallest absolute Gasteiger partial charge is 0.229 e. The van der Waals surface area contributed by atoms with Gasteiger partial charge in [0.05, 0.1) is 12.1 Å². The van der Waals surface area contributed by atoms with Gasteiger partial charge in [-0.05, 0) is 94.4 Å². The zero-order valence-electron chi connectivity index (χ0n) is 33.9. The van der Waals surface area contributed by atoms with Crippen molar-refractivity contribution in [2.24, 2.45) is 5.92 Å². The van der Waals surface area contributed by atoms with Crippen LogP contribution in [0.5, 0.6) is 0 Å². The summed E-state index contributed by atoms with van der Waals surface area (Å²) in [4.78, 5) is 68.1. The van der Waals surface area contributed by atoms with Gasteiger partial charge in [-0.2, -0.15) is 0 Å². The summed E-state index contributed by atoms with van der Waals surface area (Å²) in [6.45, 7) is 7.66. The summed E-state index contributed by atoms with van der Waals surface area (Å²) in [6.07, 6.45) is 9.83. The van der Waals surface area contributed by atoms with Gasteiger partial charge in [-0.3, -0.25) is 19.3 Å². The largest absolute Gasteiger partial charge is 0.372 e. The van der Waals surface area contributed by atoms with E-state index in [0.717, 1.165) is 125 Å². The lowest BCUT2D eigenvalue weighted by Gasteiger charge is -2.38. The molecule has 2 fully saturated rings. The van der Waals surface area contributed by atoms with Gasteiger partial charge >= 0.3 is 0 Å². The van der Waals surface area contributed by atoms with Crippen molar-refractivity contribution < 1.29 is 23.7 Å². The Balaban J connectivity index is 0.936. The van der Waals surface area contributed by atoms with Gasteiger partial charge in [0.15, 0.2) is 17.7 Å². The van der Waals surface area contributed by atoms with Gasteiger partial charge in [0, 0.05) is 101 Å². The van der Waals surface area contributed by atoms with Crippen LogP contribution in [-0.2, 0) is 27.3 Å². The number of hydrogen-bond acceptors (Lipinski definition) is 13. The third kappa shape index (κ3) is 9.31. The molecule has 15 heteroatoms. The second-order valence-corrected chi connectivity index (χ2v) is 16.1. The fraction of sp³-hybridized carbons (Fsp3) is 0.512. The predicted molar refractivity (Wildman–Crippen MR) is 224 cm³/mol. The normalized spacial score (nSPS) is 18.2. The second kappa shape index (κ2) is 18.9. The molecule has 3 aliphatic rings. The summed E-state index contributed by atoms with van der Waals surface area (Å²) in [6, 6.07) is 12.5. The molecule has 0 aliphatic carbocycles. The summed E-state index contributed by atoms with van der Waals surface area (Å²) in [5.41, 5.74) is 5.99. The Morgan fingerprint density at radius 2 is 1.81 bits per heavy atom. The van der Waals surface area contributed by atoms with E-state index in [9.17, 15) is 19.2 Å². The first-order chi connectivity index (χ1) is 28.3. The summed E-state index contributed by atoms with van der Waals surface area (Å²) in [7, 11) is 5.61. The SMILES string of the molecule is CNC(=O)C(CCC=O)c1noc2c3c(ccc12)CCN(CC1CCN(c2ccc(Nc4nc(N5CCCC(N(C=O)CCN(C)C)C5)cnc4C=O)cc2)CC1)C3. The van der Waals surface area contributed by atoms with Crippen molar-refractivity contribution in [2.45, 2.75) is 63.5 Å². The average molecular weight is 793 g/mol. The Hall–Kier alpha value is -5.41. The minimum atomic E-state index is -0.534. The molecule has 2 aromatic carbocycles. The summed E-state index contributed by atoms with van der Waals surface area (Å²) < 4.78 is 5.92. The van der Waals surface area contributed by atoms with Crippen LogP contribution in [0.3, 0.4) is 0 Å². The first-order valence-electron chi connectivity index (χ1n) is 20.6. The van der Waals surface area contributed by atoms with Crippen molar-refractivity contribution in [1.82, 2.24) is 35.1 Å². The molecule has 2 unspecified atom stereocenters. The van der Waals surface area contributed by atoms with Crippen molar-refractivity contribution in [2.75, 3.05) is 88.6 Å². The topological polar surface area (TPSA) is 160 Å². The quantitative estimate of drug-likeness (QED) is 0.146. The highest BCUT2D eigenvalue weighted by atomic mass is 16.5. The molecule has 2 saturated heterocycles. The van der Waals surface area contributed by atoms with Crippen LogP contribution in [0.2, 0.25) is 0 Å². The first-order valence-corrected chi connectivity index (χ1v) is 20.6. The van der Waals surface area contributed by atoms with Crippen LogP contribution < -0.4 is 20.4 Å². The van der Waals surface area contributed by atoms with E-state index in [0.29, 0.717) is 42.8 Å². The summed E-state index contributed by atoms with van der Waals surface area (Å²) in [5.74, 6) is 0.974. The minimum absolute atomic E-state index is 0.0911. The van der Waals surface area contributed by atoms with Crippen LogP contribution in [0, 0.1) is 5.92 Å². The Labute approximate surface area is 340 Å². The van der Waals surface area contributed by atoms with Crippen molar-refractivity contribution in [3.63, 3.8) is 0 Å². The van der Waals surface area contributed by atoms with E-state index >= 15 is 0 Å². The van der Waals surface area contributed by atoms with Crippen molar-refractivity contribution in [3.8, 4) is 0 Å². The number of piperidine rings is 2. The maximum Gasteiger partial charge on any atom is 0.229 e. The molecule has 0 bridgehead atoms. The van der Waals surface area contributed by atoms with Gasteiger partial charge in [-0.25, -0.2) is 9.97 Å². The number of benzene rings is 2. The average Bonchev–Trinajstić information content (AvgIpc) is 3.69. The number of anilines is 4. The van der Waals surface area contributed by atoms with E-state index in [1.165, 1.54) is 5.56 Å². The number of nitrogens with one attached hydrogen (secondary N) is 2. The number of aldehydes is 2. The molecule has 5 heterocycles. The fourth-order valence-corrected chi connectivity index (χ4v) is 8.74. The lowest BCUT2D eigenvalue weighted by Crippen LogP contribution is -2.49. The highest BCUT2D eigenvalue weighted by Gasteiger charge is 2.30. The lowest BCUT2D eigenvalue weighted by molar-refractivity contribution is -0.122. The maximum atomic E-state index is 12.7. The fourth-order valence-electron chi connectivity index (χ4n) is 8.74. The zero-order chi connectivity index (χ0) is 40.6. The predicted octanol–water partition coefficient (Wildman–Crippen LogP) is 4.25. The van der Waals surface area contributed by atoms with E-state index in [1.807, 2.05) is 37.2 Å². The highest BCUT2D eigenvalue weighted by molar-refractivity contribution is 5.91. The molecule has 2 atom stereocenters. The van der Waals surface area contributed by atoms with Crippen molar-refractivity contribution in [1.29, 1.82) is 0 Å². The van der Waals surface area contributed by atoms with Gasteiger partial charge in [0.25, 0.3) is 0 Å². The van der Waals surface area contributed by atoms with Gasteiger partial charge in [0.2, 0.25) is 12.3 Å². The molecular weight excluding hydrogens is 737 g/mol. The molecule has 58 heavy (non-hydrogen) atoms. The number of fused-ring (bicyclic) bond motifs is 3. The van der Waals surface area contributed by atoms with E-state index in [2.05, 4.69) is 58.6 Å². The van der Waals surface area contributed by atoms with Crippen LogP contribution in [0.25, 0.3) is 11.0 Å². The van der Waals surface area contributed by atoms with Crippen LogP contribution >= 0.6 is 0 Å². The Kier molecular flexibility index (Phi) is 13.3. The molecule has 7 rings (SSSR count). The van der Waals surface area contributed by atoms with E-state index < -0.39 is 5.92 Å². The van der Waals surface area contributed by atoms with Gasteiger partial charge in [-0.1, -0.05) is 11.2 Å². The second-order valence-electron chi connectivity index (χ2n) is 16.1. The van der Waals surface area contributed by atoms with Crippen molar-refractivity contribution >= 4 is 58.9 Å². The molecule has 15 nitrogen and oxygen atoms in total. The number of aromatic nitrogens is 3. The van der Waals surface area contributed by atoms with Crippen LogP contribution in [0.15, 0.2) is 47.1 Å². The number of amides is 2. The van der Waals surface area contributed by atoms with Crippen molar-refractivity contribution in [3.05, 3.63) is 65.1 Å². The molecule has 4 aromatic rings. The first kappa shape index (κ1) is 40.8. The van der Waals surface area contributed by atoms with E-state index in [4.69, 9.17) is 9.51 Å². The van der Waals surface area contributed by atoms with Crippen LogP contribution in [0.4, 0.5) is 23.0 Å². The van der Waals surface area contributed by atoms with Gasteiger partial charge in [-0.15, -0.1) is 0 Å². The van der Waals surface area contributed by atoms with Crippen LogP contribution in [0.1, 0.15) is 71.8 Å². The summed E-state index contributed by atoms with van der Waals surface area (Å²) >= 11 is 0. The molecule has 0 saturated carbocycles. The molecule has 0 spiro atoms. The number of nitrogens with zero attached hydrogens (tertiary/aromatic N) is 8. The molecule has 2 aromatic heterocycles. The van der Waals surface area contributed by atoms with Gasteiger partial charge in [0.1, 0.15) is 23.5 Å². The van der Waals surface area contributed by atoms with Gasteiger partial charge < -0.3 is 39.6 Å². The van der Waals surface area contributed by atoms with E-state index in [1.54, 1.807) is 13.2 Å². The molecular formula is C43H56N10O5. The molecule has 2 N–H and O–H groups in total. The minimum Gasteiger partial charge on any atom is -0.372 e. The Bertz CT molecular complexity index is 2050. The third-order valence-corrected chi connectivity index (χ3v) is 12.1. The molecule has 3 aliphatic heterocycles. The standard InChI is InChI=1S/C43H56N10O5/c1-44-43(57)36(7-5-23-54)40-35-13-8-31-16-18-50(27-37(31)41(35)58-48-40)25-30-14-19-51(20-15-30)33-11-9-32(10-12-33)46-42-38(28-55)45-24-39(47-42)52-17-4-6-34(26-52)53(29-56)22-21-49(2)3/h8-13,23-24,28-30,34,36H,4-7,14-22,25-27H2,1-3H3,(H,44,57)(H,46,47). The number of carbonyl (C=O) groups is 4.